The highest BCUT2D eigenvalue weighted by molar-refractivity contribution is 8.16. The van der Waals surface area contributed by atoms with Crippen molar-refractivity contribution in [2.75, 3.05) is 19.6 Å². The first-order chi connectivity index (χ1) is 11.8. The van der Waals surface area contributed by atoms with Gasteiger partial charge >= 0.3 is 0 Å². The summed E-state index contributed by atoms with van der Waals surface area (Å²) in [6.07, 6.45) is 7.63. The summed E-state index contributed by atoms with van der Waals surface area (Å²) in [5, 5.41) is 3.16. The van der Waals surface area contributed by atoms with E-state index in [9.17, 15) is 4.79 Å². The minimum absolute atomic E-state index is 0.0825. The third-order valence-corrected chi connectivity index (χ3v) is 5.89. The molecule has 0 bridgehead atoms. The predicted molar refractivity (Wildman–Crippen MR) is 95.5 cm³/mol. The number of hydrogen-bond acceptors (Lipinski definition) is 5. The van der Waals surface area contributed by atoms with Crippen molar-refractivity contribution in [3.05, 3.63) is 35.3 Å². The quantitative estimate of drug-likeness (QED) is 0.837. The van der Waals surface area contributed by atoms with Crippen LogP contribution in [0, 0.1) is 0 Å². The van der Waals surface area contributed by atoms with E-state index in [1.54, 1.807) is 18.0 Å². The fourth-order valence-corrected chi connectivity index (χ4v) is 4.67. The van der Waals surface area contributed by atoms with E-state index in [1.807, 2.05) is 17.0 Å². The lowest BCUT2D eigenvalue weighted by molar-refractivity contribution is -0.133. The molecular weight excluding hydrogens is 322 g/mol. The zero-order valence-corrected chi connectivity index (χ0v) is 14.6. The first-order valence-electron chi connectivity index (χ1n) is 8.83. The van der Waals surface area contributed by atoms with Gasteiger partial charge in [0.2, 0.25) is 5.91 Å². The van der Waals surface area contributed by atoms with Crippen LogP contribution in [0.25, 0.3) is 0 Å². The predicted octanol–water partition coefficient (Wildman–Crippen LogP) is 3.76. The maximum Gasteiger partial charge on any atom is 0.229 e. The third kappa shape index (κ3) is 3.11. The van der Waals surface area contributed by atoms with Gasteiger partial charge in [0.05, 0.1) is 18.7 Å². The normalized spacial score (nSPS) is 24.2. The van der Waals surface area contributed by atoms with Gasteiger partial charge in [-0.2, -0.15) is 0 Å². The molecular formula is C18H23N3O2S. The van der Waals surface area contributed by atoms with Crippen molar-refractivity contribution in [1.29, 1.82) is 0 Å². The molecule has 1 aromatic rings. The molecule has 1 amide bonds. The van der Waals surface area contributed by atoms with Crippen molar-refractivity contribution in [1.82, 2.24) is 9.80 Å². The Morgan fingerprint density at radius 3 is 3.12 bits per heavy atom. The van der Waals surface area contributed by atoms with Gasteiger partial charge in [0, 0.05) is 25.3 Å². The lowest BCUT2D eigenvalue weighted by Crippen LogP contribution is -2.37. The molecule has 0 spiro atoms. The lowest BCUT2D eigenvalue weighted by Gasteiger charge is -2.31. The van der Waals surface area contributed by atoms with Crippen LogP contribution in [0.15, 0.2) is 38.9 Å². The van der Waals surface area contributed by atoms with E-state index in [0.29, 0.717) is 6.42 Å². The van der Waals surface area contributed by atoms with E-state index in [1.165, 1.54) is 6.42 Å². The van der Waals surface area contributed by atoms with E-state index in [4.69, 9.17) is 4.42 Å². The number of rotatable bonds is 3. The van der Waals surface area contributed by atoms with Gasteiger partial charge in [0.25, 0.3) is 0 Å². The van der Waals surface area contributed by atoms with Gasteiger partial charge in [-0.05, 0) is 36.8 Å². The molecule has 0 radical (unpaired) electrons. The van der Waals surface area contributed by atoms with Gasteiger partial charge in [-0.15, -0.1) is 0 Å². The Labute approximate surface area is 146 Å². The fraction of sp³-hybridized carbons (Fsp3) is 0.556. The zero-order chi connectivity index (χ0) is 16.4. The van der Waals surface area contributed by atoms with Crippen LogP contribution in [0.3, 0.4) is 0 Å². The molecule has 4 heterocycles. The molecule has 5 nitrogen and oxygen atoms in total. The highest BCUT2D eigenvalue weighted by Gasteiger charge is 2.32. The van der Waals surface area contributed by atoms with Crippen LogP contribution in [0.4, 0.5) is 0 Å². The molecule has 6 heteroatoms. The van der Waals surface area contributed by atoms with E-state index in [-0.39, 0.29) is 11.9 Å². The highest BCUT2D eigenvalue weighted by Crippen LogP contribution is 2.34. The third-order valence-electron chi connectivity index (χ3n) is 4.94. The molecule has 3 aliphatic heterocycles. The summed E-state index contributed by atoms with van der Waals surface area (Å²) in [7, 11) is 0. The average Bonchev–Trinajstić information content (AvgIpc) is 3.20. The van der Waals surface area contributed by atoms with Gasteiger partial charge in [0.15, 0.2) is 5.17 Å². The number of amidine groups is 1. The average molecular weight is 345 g/mol. The van der Waals surface area contributed by atoms with Crippen molar-refractivity contribution in [2.24, 2.45) is 4.99 Å². The molecule has 0 unspecified atom stereocenters. The summed E-state index contributed by atoms with van der Waals surface area (Å²) in [4.78, 5) is 21.9. The molecule has 0 aromatic carbocycles. The Morgan fingerprint density at radius 1 is 1.29 bits per heavy atom. The second-order valence-electron chi connectivity index (χ2n) is 6.54. The molecule has 1 saturated heterocycles. The van der Waals surface area contributed by atoms with Gasteiger partial charge in [-0.1, -0.05) is 24.6 Å². The van der Waals surface area contributed by atoms with Crippen LogP contribution in [-0.4, -0.2) is 40.5 Å². The van der Waals surface area contributed by atoms with Crippen LogP contribution < -0.4 is 0 Å². The Bertz CT molecular complexity index is 653. The number of carbonyl (C=O) groups is 1. The summed E-state index contributed by atoms with van der Waals surface area (Å²) in [5.41, 5.74) is 1.10. The molecule has 3 aliphatic rings. The van der Waals surface area contributed by atoms with Crippen molar-refractivity contribution >= 4 is 22.8 Å². The first-order valence-corrected chi connectivity index (χ1v) is 9.71. The number of aliphatic imine (C=N–C) groups is 1. The number of furan rings is 1. The van der Waals surface area contributed by atoms with Crippen LogP contribution in [0.5, 0.6) is 0 Å². The van der Waals surface area contributed by atoms with E-state index < -0.39 is 0 Å². The fourth-order valence-electron chi connectivity index (χ4n) is 3.71. The zero-order valence-electron chi connectivity index (χ0n) is 13.8. The Balaban J connectivity index is 1.49. The Morgan fingerprint density at radius 2 is 2.25 bits per heavy atom. The molecule has 1 aromatic heterocycles. The number of fused-ring (bicyclic) bond motifs is 1. The van der Waals surface area contributed by atoms with E-state index >= 15 is 0 Å². The summed E-state index contributed by atoms with van der Waals surface area (Å²) in [6, 6.07) is 3.99. The SMILES string of the molecule is O=C(CC1=CSC2=NCCCN12)N1CCCCC[C@H]1c1ccco1. The van der Waals surface area contributed by atoms with Crippen molar-refractivity contribution in [2.45, 2.75) is 44.6 Å². The summed E-state index contributed by atoms with van der Waals surface area (Å²) < 4.78 is 5.62. The van der Waals surface area contributed by atoms with Crippen molar-refractivity contribution < 1.29 is 9.21 Å². The molecule has 24 heavy (non-hydrogen) atoms. The van der Waals surface area contributed by atoms with Crippen LogP contribution in [0.2, 0.25) is 0 Å². The molecule has 4 rings (SSSR count). The Hall–Kier alpha value is -1.69. The number of carbonyl (C=O) groups excluding carboxylic acids is 1. The largest absolute Gasteiger partial charge is 0.467 e. The van der Waals surface area contributed by atoms with Gasteiger partial charge < -0.3 is 14.2 Å². The summed E-state index contributed by atoms with van der Waals surface area (Å²) in [6.45, 7) is 2.71. The van der Waals surface area contributed by atoms with Gasteiger partial charge in [0.1, 0.15) is 5.76 Å². The van der Waals surface area contributed by atoms with Gasteiger partial charge in [-0.25, -0.2) is 0 Å². The minimum Gasteiger partial charge on any atom is -0.467 e. The second kappa shape index (κ2) is 7.05. The number of nitrogens with zero attached hydrogens (tertiary/aromatic N) is 3. The molecule has 0 saturated carbocycles. The van der Waals surface area contributed by atoms with E-state index in [2.05, 4.69) is 15.3 Å². The number of hydrogen-bond donors (Lipinski definition) is 0. The van der Waals surface area contributed by atoms with Gasteiger partial charge in [-0.3, -0.25) is 9.79 Å². The first kappa shape index (κ1) is 15.8. The summed E-state index contributed by atoms with van der Waals surface area (Å²) in [5.74, 6) is 1.12. The molecule has 1 fully saturated rings. The van der Waals surface area contributed by atoms with Crippen LogP contribution in [0.1, 0.15) is 50.3 Å². The van der Waals surface area contributed by atoms with Crippen molar-refractivity contribution in [3.63, 3.8) is 0 Å². The van der Waals surface area contributed by atoms with Crippen LogP contribution >= 0.6 is 11.8 Å². The maximum absolute atomic E-state index is 13.1. The van der Waals surface area contributed by atoms with E-state index in [0.717, 1.165) is 61.9 Å². The number of likely N-dealkylation sites (tertiary alicyclic amines) is 1. The second-order valence-corrected chi connectivity index (χ2v) is 7.38. The standard InChI is InChI=1S/C18H23N3O2S/c22-17(12-14-13-24-18-19-8-5-10-20(14)18)21-9-3-1-2-6-15(21)16-7-4-11-23-16/h4,7,11,13,15H,1-3,5-6,8-10,12H2/t15-/m0/s1. The molecule has 0 N–H and O–H groups in total. The minimum atomic E-state index is 0.0825. The van der Waals surface area contributed by atoms with Crippen LogP contribution in [-0.2, 0) is 4.79 Å². The molecule has 0 aliphatic carbocycles. The smallest absolute Gasteiger partial charge is 0.229 e. The molecule has 1 atom stereocenters. The monoisotopic (exact) mass is 345 g/mol. The maximum atomic E-state index is 13.1. The Kier molecular flexibility index (Phi) is 4.65. The number of amides is 1. The number of thioether (sulfide) groups is 1. The topological polar surface area (TPSA) is 49.1 Å². The lowest BCUT2D eigenvalue weighted by atomic mass is 10.1. The van der Waals surface area contributed by atoms with Crippen molar-refractivity contribution in [3.8, 4) is 0 Å². The molecule has 128 valence electrons. The summed E-state index contributed by atoms with van der Waals surface area (Å²) >= 11 is 1.65. The highest BCUT2D eigenvalue weighted by atomic mass is 32.2.